The number of amides is 1. The number of carbonyl (C=O) groups is 3. The summed E-state index contributed by atoms with van der Waals surface area (Å²) in [6.45, 7) is 1.62. The van der Waals surface area contributed by atoms with Crippen molar-refractivity contribution in [1.29, 1.82) is 0 Å². The number of carbonyl (C=O) groups excluding carboxylic acids is 3. The van der Waals surface area contributed by atoms with Crippen LogP contribution < -0.4 is 5.32 Å². The molecule has 0 saturated carbocycles. The van der Waals surface area contributed by atoms with Gasteiger partial charge in [0.25, 0.3) is 11.6 Å². The van der Waals surface area contributed by atoms with Gasteiger partial charge in [0.05, 0.1) is 16.2 Å². The molecule has 172 valence electrons. The third kappa shape index (κ3) is 6.77. The van der Waals surface area contributed by atoms with Gasteiger partial charge in [-0.25, -0.2) is 0 Å². The van der Waals surface area contributed by atoms with Crippen molar-refractivity contribution in [3.05, 3.63) is 62.7 Å². The fourth-order valence-corrected chi connectivity index (χ4v) is 3.42. The van der Waals surface area contributed by atoms with Crippen molar-refractivity contribution < 1.29 is 28.5 Å². The van der Waals surface area contributed by atoms with Crippen LogP contribution in [0.1, 0.15) is 47.9 Å². The zero-order valence-corrected chi connectivity index (χ0v) is 18.4. The lowest BCUT2D eigenvalue weighted by atomic mass is 10.2. The normalized spacial score (nSPS) is 11.5. The monoisotopic (exact) mass is 472 g/mol. The number of ether oxygens (including phenoxy) is 1. The Balaban J connectivity index is 1.40. The summed E-state index contributed by atoms with van der Waals surface area (Å²) < 4.78 is 10.7. The largest absolute Gasteiger partial charge is 0.453 e. The highest BCUT2D eigenvalue weighted by molar-refractivity contribution is 7.12. The number of nitrogens with zero attached hydrogens (tertiary/aromatic N) is 3. The van der Waals surface area contributed by atoms with E-state index in [2.05, 4.69) is 15.5 Å². The van der Waals surface area contributed by atoms with E-state index in [1.54, 1.807) is 24.4 Å². The molecule has 0 fully saturated rings. The van der Waals surface area contributed by atoms with Crippen molar-refractivity contribution in [1.82, 2.24) is 15.5 Å². The summed E-state index contributed by atoms with van der Waals surface area (Å²) in [6.07, 6.45) is -0.758. The molecule has 11 nitrogen and oxygen atoms in total. The minimum Gasteiger partial charge on any atom is -0.453 e. The Labute approximate surface area is 191 Å². The van der Waals surface area contributed by atoms with Crippen molar-refractivity contribution in [2.45, 2.75) is 32.3 Å². The van der Waals surface area contributed by atoms with Crippen molar-refractivity contribution in [2.24, 2.45) is 0 Å². The van der Waals surface area contributed by atoms with Gasteiger partial charge in [-0.05, 0) is 30.5 Å². The zero-order chi connectivity index (χ0) is 23.8. The van der Waals surface area contributed by atoms with Crippen LogP contribution in [0.4, 0.5) is 5.69 Å². The molecule has 12 heteroatoms. The third-order valence-corrected chi connectivity index (χ3v) is 5.36. The lowest BCUT2D eigenvalue weighted by molar-refractivity contribution is -0.384. The highest BCUT2D eigenvalue weighted by Gasteiger charge is 2.19. The molecule has 0 aliphatic carbocycles. The number of non-ortho nitro benzene ring substituents is 1. The van der Waals surface area contributed by atoms with Gasteiger partial charge in [-0.15, -0.1) is 21.5 Å². The van der Waals surface area contributed by atoms with E-state index in [-0.39, 0.29) is 55.0 Å². The van der Waals surface area contributed by atoms with Crippen LogP contribution in [0.25, 0.3) is 11.5 Å². The number of aromatic nitrogens is 2. The molecular weight excluding hydrogens is 452 g/mol. The van der Waals surface area contributed by atoms with E-state index in [1.165, 1.54) is 35.6 Å². The van der Waals surface area contributed by atoms with Crippen LogP contribution in [0.15, 0.2) is 46.2 Å². The van der Waals surface area contributed by atoms with Crippen molar-refractivity contribution in [3.63, 3.8) is 0 Å². The second-order valence-corrected chi connectivity index (χ2v) is 7.83. The number of nitro benzene ring substituents is 1. The van der Waals surface area contributed by atoms with E-state index >= 15 is 0 Å². The molecule has 1 unspecified atom stereocenters. The first-order valence-electron chi connectivity index (χ1n) is 9.94. The van der Waals surface area contributed by atoms with E-state index in [1.807, 2.05) is 0 Å². The summed E-state index contributed by atoms with van der Waals surface area (Å²) in [5.74, 6) is -0.807. The molecule has 1 N–H and O–H groups in total. The Kier molecular flexibility index (Phi) is 7.97. The Morgan fingerprint density at radius 3 is 2.58 bits per heavy atom. The first-order chi connectivity index (χ1) is 15.8. The molecule has 0 bridgehead atoms. The van der Waals surface area contributed by atoms with Crippen LogP contribution in [-0.2, 0) is 14.3 Å². The topological polar surface area (TPSA) is 155 Å². The van der Waals surface area contributed by atoms with Crippen LogP contribution in [0.2, 0.25) is 0 Å². The highest BCUT2D eigenvalue weighted by atomic mass is 32.1. The number of esters is 1. The molecule has 0 spiro atoms. The number of nitro groups is 1. The second-order valence-electron chi connectivity index (χ2n) is 6.88. The molecule has 3 rings (SSSR count). The van der Waals surface area contributed by atoms with Gasteiger partial charge in [0.15, 0.2) is 11.9 Å². The molecule has 1 amide bonds. The van der Waals surface area contributed by atoms with Crippen LogP contribution in [-0.4, -0.2) is 39.3 Å². The number of hydrogen-bond acceptors (Lipinski definition) is 10. The fourth-order valence-electron chi connectivity index (χ4n) is 2.73. The van der Waals surface area contributed by atoms with E-state index < -0.39 is 17.0 Å². The van der Waals surface area contributed by atoms with Crippen molar-refractivity contribution in [2.75, 3.05) is 6.54 Å². The molecule has 0 aliphatic rings. The molecule has 3 aromatic rings. The third-order valence-electron chi connectivity index (χ3n) is 4.45. The molecular formula is C21H20N4O7S. The molecule has 33 heavy (non-hydrogen) atoms. The summed E-state index contributed by atoms with van der Waals surface area (Å²) in [6, 6.07) is 9.06. The Morgan fingerprint density at radius 1 is 1.15 bits per heavy atom. The maximum atomic E-state index is 12.0. The Hall–Kier alpha value is -3.93. The molecule has 1 atom stereocenters. The van der Waals surface area contributed by atoms with Crippen molar-refractivity contribution >= 4 is 34.7 Å². The van der Waals surface area contributed by atoms with Gasteiger partial charge in [0.2, 0.25) is 11.8 Å². The number of nitrogens with one attached hydrogen (secondary N) is 1. The number of hydrogen-bond donors (Lipinski definition) is 1. The molecule has 2 heterocycles. The van der Waals surface area contributed by atoms with Gasteiger partial charge in [-0.2, -0.15) is 0 Å². The number of benzene rings is 1. The molecule has 2 aromatic heterocycles. The number of Topliss-reactive ketones (excluding diaryl/α,β-unsaturated/α-hetero) is 1. The fraction of sp³-hybridized carbons (Fsp3) is 0.286. The van der Waals surface area contributed by atoms with Crippen LogP contribution in [0.3, 0.4) is 0 Å². The van der Waals surface area contributed by atoms with Gasteiger partial charge in [-0.1, -0.05) is 6.07 Å². The van der Waals surface area contributed by atoms with Crippen molar-refractivity contribution in [3.8, 4) is 11.5 Å². The quantitative estimate of drug-likeness (QED) is 0.191. The van der Waals surface area contributed by atoms with Crippen LogP contribution >= 0.6 is 11.3 Å². The first-order valence-corrected chi connectivity index (χ1v) is 10.8. The SMILES string of the molecule is CC(OC(=O)CCNC(=O)CCC(=O)c1cccs1)c1nnc(-c2ccc([N+](=O)[O-])cc2)o1. The summed E-state index contributed by atoms with van der Waals surface area (Å²) >= 11 is 1.33. The predicted octanol–water partition coefficient (Wildman–Crippen LogP) is 3.48. The van der Waals surface area contributed by atoms with Gasteiger partial charge in [-0.3, -0.25) is 24.5 Å². The van der Waals surface area contributed by atoms with Gasteiger partial charge >= 0.3 is 5.97 Å². The molecule has 0 aliphatic heterocycles. The smallest absolute Gasteiger partial charge is 0.308 e. The zero-order valence-electron chi connectivity index (χ0n) is 17.6. The lowest BCUT2D eigenvalue weighted by Gasteiger charge is -2.10. The summed E-state index contributed by atoms with van der Waals surface area (Å²) in [5.41, 5.74) is 0.417. The van der Waals surface area contributed by atoms with Gasteiger partial charge in [0.1, 0.15) is 0 Å². The minimum atomic E-state index is -0.823. The van der Waals surface area contributed by atoms with E-state index in [0.717, 1.165) is 0 Å². The second kappa shape index (κ2) is 11.1. The van der Waals surface area contributed by atoms with E-state index in [4.69, 9.17) is 9.15 Å². The molecule has 0 radical (unpaired) electrons. The predicted molar refractivity (Wildman–Crippen MR) is 116 cm³/mol. The van der Waals surface area contributed by atoms with Gasteiger partial charge < -0.3 is 14.5 Å². The van der Waals surface area contributed by atoms with E-state index in [9.17, 15) is 24.5 Å². The van der Waals surface area contributed by atoms with E-state index in [0.29, 0.717) is 10.4 Å². The highest BCUT2D eigenvalue weighted by Crippen LogP contribution is 2.24. The summed E-state index contributed by atoms with van der Waals surface area (Å²) in [4.78, 5) is 46.6. The maximum Gasteiger partial charge on any atom is 0.308 e. The number of rotatable bonds is 11. The standard InChI is InChI=1S/C21H20N4O7S/c1-13(20-23-24-21(32-20)14-4-6-15(7-5-14)25(29)30)31-19(28)10-11-22-18(27)9-8-16(26)17-3-2-12-33-17/h2-7,12-13H,8-11H2,1H3,(H,22,27). The number of thiophene rings is 1. The van der Waals surface area contributed by atoms with Crippen LogP contribution in [0, 0.1) is 10.1 Å². The first kappa shape index (κ1) is 23.7. The van der Waals surface area contributed by atoms with Crippen LogP contribution in [0.5, 0.6) is 0 Å². The lowest BCUT2D eigenvalue weighted by Crippen LogP contribution is -2.27. The maximum absolute atomic E-state index is 12.0. The summed E-state index contributed by atoms with van der Waals surface area (Å²) in [7, 11) is 0. The molecule has 1 aromatic carbocycles. The average molecular weight is 472 g/mol. The number of ketones is 1. The summed E-state index contributed by atoms with van der Waals surface area (Å²) in [5, 5.41) is 22.8. The minimum absolute atomic E-state index is 0.0373. The Bertz CT molecular complexity index is 1130. The molecule has 0 saturated heterocycles. The van der Waals surface area contributed by atoms with Gasteiger partial charge in [0, 0.05) is 37.1 Å². The Morgan fingerprint density at radius 2 is 1.91 bits per heavy atom. The average Bonchev–Trinajstić information content (AvgIpc) is 3.50.